The van der Waals surface area contributed by atoms with Crippen molar-refractivity contribution in [1.29, 1.82) is 0 Å². The van der Waals surface area contributed by atoms with E-state index in [2.05, 4.69) is 4.98 Å². The summed E-state index contributed by atoms with van der Waals surface area (Å²) in [5.41, 5.74) is 1.26. The summed E-state index contributed by atoms with van der Waals surface area (Å²) in [6, 6.07) is 14.5. The number of carbonyl (C=O) groups is 1. The zero-order valence-electron chi connectivity index (χ0n) is 13.3. The molecule has 0 saturated carbocycles. The van der Waals surface area contributed by atoms with E-state index in [4.69, 9.17) is 11.6 Å². The van der Waals surface area contributed by atoms with Crippen LogP contribution in [-0.2, 0) is 4.79 Å². The van der Waals surface area contributed by atoms with E-state index in [-0.39, 0.29) is 16.8 Å². The molecular formula is C18H14ClN3O2S. The maximum absolute atomic E-state index is 13.0. The first-order valence-corrected chi connectivity index (χ1v) is 9.17. The van der Waals surface area contributed by atoms with Gasteiger partial charge < -0.3 is 0 Å². The Hall–Kier alpha value is -2.31. The third-order valence-corrected chi connectivity index (χ3v) is 5.54. The third kappa shape index (κ3) is 2.71. The Bertz CT molecular complexity index is 1050. The highest BCUT2D eigenvalue weighted by Crippen LogP contribution is 2.38. The van der Waals surface area contributed by atoms with Gasteiger partial charge in [0.15, 0.2) is 0 Å². The summed E-state index contributed by atoms with van der Waals surface area (Å²) in [5.74, 6) is 0.652. The van der Waals surface area contributed by atoms with E-state index in [1.165, 1.54) is 21.4 Å². The van der Waals surface area contributed by atoms with Crippen LogP contribution in [-0.4, -0.2) is 21.3 Å². The van der Waals surface area contributed by atoms with Gasteiger partial charge in [-0.1, -0.05) is 35.9 Å². The SMILES string of the molecule is Cc1nc2ccccc2c(=O)n1N1C(=O)CSC1c1cccc(Cl)c1. The molecule has 1 fully saturated rings. The predicted octanol–water partition coefficient (Wildman–Crippen LogP) is 3.27. The molecule has 1 unspecified atom stereocenters. The fraction of sp³-hybridized carbons (Fsp3) is 0.167. The van der Waals surface area contributed by atoms with Gasteiger partial charge in [0.2, 0.25) is 0 Å². The lowest BCUT2D eigenvalue weighted by Crippen LogP contribution is -2.46. The van der Waals surface area contributed by atoms with Crippen LogP contribution in [0.2, 0.25) is 5.02 Å². The zero-order chi connectivity index (χ0) is 17.6. The molecule has 1 saturated heterocycles. The number of rotatable bonds is 2. The Labute approximate surface area is 153 Å². The maximum Gasteiger partial charge on any atom is 0.280 e. The molecule has 7 heteroatoms. The van der Waals surface area contributed by atoms with Crippen molar-refractivity contribution in [2.45, 2.75) is 12.3 Å². The van der Waals surface area contributed by atoms with Gasteiger partial charge in [-0.15, -0.1) is 11.8 Å². The lowest BCUT2D eigenvalue weighted by atomic mass is 10.2. The molecule has 0 radical (unpaired) electrons. The van der Waals surface area contributed by atoms with Gasteiger partial charge in [-0.05, 0) is 36.8 Å². The van der Waals surface area contributed by atoms with Gasteiger partial charge in [0, 0.05) is 5.02 Å². The second kappa shape index (κ2) is 6.20. The Morgan fingerprint density at radius 3 is 2.76 bits per heavy atom. The number of halogens is 1. The first kappa shape index (κ1) is 16.2. The number of hydrogen-bond acceptors (Lipinski definition) is 4. The van der Waals surface area contributed by atoms with Crippen LogP contribution in [0.15, 0.2) is 53.3 Å². The fourth-order valence-corrected chi connectivity index (χ4v) is 4.34. The summed E-state index contributed by atoms with van der Waals surface area (Å²) in [4.78, 5) is 30.1. The number of aromatic nitrogens is 2. The van der Waals surface area contributed by atoms with Crippen molar-refractivity contribution in [3.63, 3.8) is 0 Å². The normalized spacial score (nSPS) is 17.4. The summed E-state index contributed by atoms with van der Waals surface area (Å²) < 4.78 is 1.39. The number of hydrogen-bond donors (Lipinski definition) is 0. The second-order valence-corrected chi connectivity index (χ2v) is 7.25. The number of amides is 1. The van der Waals surface area contributed by atoms with Crippen molar-refractivity contribution in [2.75, 3.05) is 10.8 Å². The third-order valence-electron chi connectivity index (χ3n) is 4.11. The van der Waals surface area contributed by atoms with Crippen LogP contribution < -0.4 is 10.6 Å². The molecule has 1 aromatic heterocycles. The van der Waals surface area contributed by atoms with E-state index in [1.807, 2.05) is 24.3 Å². The van der Waals surface area contributed by atoms with Gasteiger partial charge in [-0.2, -0.15) is 4.68 Å². The van der Waals surface area contributed by atoms with E-state index in [0.29, 0.717) is 27.5 Å². The highest BCUT2D eigenvalue weighted by Gasteiger charge is 2.36. The molecule has 1 aliphatic rings. The highest BCUT2D eigenvalue weighted by atomic mass is 35.5. The van der Waals surface area contributed by atoms with E-state index in [0.717, 1.165) is 5.56 Å². The van der Waals surface area contributed by atoms with Gasteiger partial charge in [0.05, 0.1) is 16.7 Å². The number of benzene rings is 2. The fourth-order valence-electron chi connectivity index (χ4n) is 3.02. The number of thioether (sulfide) groups is 1. The standard InChI is InChI=1S/C18H14ClN3O2S/c1-11-20-15-8-3-2-7-14(15)17(24)21(11)22-16(23)10-25-18(22)12-5-4-6-13(19)9-12/h2-9,18H,10H2,1H3. The van der Waals surface area contributed by atoms with Gasteiger partial charge >= 0.3 is 0 Å². The Balaban J connectivity index is 1.91. The zero-order valence-corrected chi connectivity index (χ0v) is 14.9. The quantitative estimate of drug-likeness (QED) is 0.693. The Morgan fingerprint density at radius 1 is 1.16 bits per heavy atom. The first-order valence-electron chi connectivity index (χ1n) is 7.74. The number of para-hydroxylation sites is 1. The number of carbonyl (C=O) groups excluding carboxylic acids is 1. The van der Waals surface area contributed by atoms with Crippen molar-refractivity contribution in [2.24, 2.45) is 0 Å². The van der Waals surface area contributed by atoms with Gasteiger partial charge in [-0.3, -0.25) is 9.59 Å². The Morgan fingerprint density at radius 2 is 1.96 bits per heavy atom. The van der Waals surface area contributed by atoms with Crippen LogP contribution in [0.3, 0.4) is 0 Å². The van der Waals surface area contributed by atoms with Crippen LogP contribution in [0.25, 0.3) is 10.9 Å². The minimum atomic E-state index is -0.314. The predicted molar refractivity (Wildman–Crippen MR) is 101 cm³/mol. The van der Waals surface area contributed by atoms with Crippen LogP contribution in [0.4, 0.5) is 0 Å². The lowest BCUT2D eigenvalue weighted by Gasteiger charge is -2.27. The van der Waals surface area contributed by atoms with Crippen molar-refractivity contribution in [3.8, 4) is 0 Å². The number of nitrogens with zero attached hydrogens (tertiary/aromatic N) is 3. The van der Waals surface area contributed by atoms with Crippen molar-refractivity contribution < 1.29 is 4.79 Å². The van der Waals surface area contributed by atoms with Gasteiger partial charge in [0.25, 0.3) is 11.5 Å². The summed E-state index contributed by atoms with van der Waals surface area (Å²) >= 11 is 7.57. The molecule has 25 heavy (non-hydrogen) atoms. The van der Waals surface area contributed by atoms with E-state index in [9.17, 15) is 9.59 Å². The molecule has 1 amide bonds. The molecule has 2 aromatic carbocycles. The van der Waals surface area contributed by atoms with Crippen LogP contribution in [0.1, 0.15) is 16.8 Å². The minimum Gasteiger partial charge on any atom is -0.272 e. The number of fused-ring (bicyclic) bond motifs is 1. The molecule has 126 valence electrons. The summed E-state index contributed by atoms with van der Waals surface area (Å²) in [5, 5.41) is 2.26. The van der Waals surface area contributed by atoms with Crippen LogP contribution >= 0.6 is 23.4 Å². The smallest absolute Gasteiger partial charge is 0.272 e. The number of aryl methyl sites for hydroxylation is 1. The van der Waals surface area contributed by atoms with E-state index in [1.54, 1.807) is 31.2 Å². The highest BCUT2D eigenvalue weighted by molar-refractivity contribution is 8.00. The molecule has 0 N–H and O–H groups in total. The van der Waals surface area contributed by atoms with Crippen molar-refractivity contribution in [1.82, 2.24) is 9.66 Å². The van der Waals surface area contributed by atoms with E-state index >= 15 is 0 Å². The second-order valence-electron chi connectivity index (χ2n) is 5.75. The topological polar surface area (TPSA) is 55.2 Å². The van der Waals surface area contributed by atoms with Crippen LogP contribution in [0, 0.1) is 6.92 Å². The molecule has 0 spiro atoms. The minimum absolute atomic E-state index is 0.128. The molecule has 5 nitrogen and oxygen atoms in total. The van der Waals surface area contributed by atoms with Crippen LogP contribution in [0.5, 0.6) is 0 Å². The molecular weight excluding hydrogens is 358 g/mol. The summed E-state index contributed by atoms with van der Waals surface area (Å²) in [6.07, 6.45) is 0. The molecule has 2 heterocycles. The average Bonchev–Trinajstić information content (AvgIpc) is 2.97. The lowest BCUT2D eigenvalue weighted by molar-refractivity contribution is -0.117. The maximum atomic E-state index is 13.0. The summed E-state index contributed by atoms with van der Waals surface area (Å²) in [6.45, 7) is 1.74. The Kier molecular flexibility index (Phi) is 4.01. The molecule has 3 aromatic rings. The van der Waals surface area contributed by atoms with E-state index < -0.39 is 0 Å². The largest absolute Gasteiger partial charge is 0.280 e. The van der Waals surface area contributed by atoms with Crippen molar-refractivity contribution >= 4 is 40.2 Å². The molecule has 0 aliphatic carbocycles. The monoisotopic (exact) mass is 371 g/mol. The average molecular weight is 372 g/mol. The molecule has 1 aliphatic heterocycles. The molecule has 0 bridgehead atoms. The van der Waals surface area contributed by atoms with Gasteiger partial charge in [0.1, 0.15) is 11.2 Å². The molecule has 1 atom stereocenters. The van der Waals surface area contributed by atoms with Gasteiger partial charge in [-0.25, -0.2) is 9.99 Å². The van der Waals surface area contributed by atoms with Crippen molar-refractivity contribution in [3.05, 3.63) is 75.3 Å². The first-order chi connectivity index (χ1) is 12.1. The summed E-state index contributed by atoms with van der Waals surface area (Å²) in [7, 11) is 0. The molecule has 4 rings (SSSR count).